The van der Waals surface area contributed by atoms with Crippen molar-refractivity contribution >= 4 is 11.8 Å². The second-order valence-electron chi connectivity index (χ2n) is 6.70. The average molecular weight is 421 g/mol. The molecule has 0 unspecified atom stereocenters. The van der Waals surface area contributed by atoms with Gasteiger partial charge >= 0.3 is 5.69 Å². The van der Waals surface area contributed by atoms with Gasteiger partial charge in [0.2, 0.25) is 5.89 Å². The lowest BCUT2D eigenvalue weighted by molar-refractivity contribution is 0.419. The van der Waals surface area contributed by atoms with Gasteiger partial charge in [0.1, 0.15) is 0 Å². The summed E-state index contributed by atoms with van der Waals surface area (Å²) in [4.78, 5) is 32.1. The van der Waals surface area contributed by atoms with E-state index in [1.807, 2.05) is 42.5 Å². The third-order valence-electron chi connectivity index (χ3n) is 4.54. The van der Waals surface area contributed by atoms with Crippen molar-refractivity contribution in [2.45, 2.75) is 30.9 Å². The zero-order valence-corrected chi connectivity index (χ0v) is 17.1. The van der Waals surface area contributed by atoms with Crippen LogP contribution < -0.4 is 11.2 Å². The summed E-state index contributed by atoms with van der Waals surface area (Å²) in [5, 5.41) is 8.51. The molecule has 8 nitrogen and oxygen atoms in total. The van der Waals surface area contributed by atoms with Crippen LogP contribution in [0.25, 0.3) is 0 Å². The molecular weight excluding hydrogens is 402 g/mol. The smallest absolute Gasteiger partial charge is 0.328 e. The van der Waals surface area contributed by atoms with Gasteiger partial charge in [-0.05, 0) is 24.1 Å². The SMILES string of the molecule is Cc1[nH]c(=O)n(Cc2ccccc2)c(=O)c1Cc1nnc(SCc2cccnc2)o1. The van der Waals surface area contributed by atoms with Gasteiger partial charge in [-0.25, -0.2) is 4.79 Å². The molecule has 4 aromatic rings. The highest BCUT2D eigenvalue weighted by Gasteiger charge is 2.16. The van der Waals surface area contributed by atoms with Crippen LogP contribution in [-0.2, 0) is 18.7 Å². The van der Waals surface area contributed by atoms with E-state index in [1.54, 1.807) is 19.3 Å². The van der Waals surface area contributed by atoms with Crippen LogP contribution in [-0.4, -0.2) is 24.7 Å². The van der Waals surface area contributed by atoms with Crippen LogP contribution in [0.15, 0.2) is 74.1 Å². The Hall–Kier alpha value is -3.46. The van der Waals surface area contributed by atoms with E-state index in [9.17, 15) is 9.59 Å². The van der Waals surface area contributed by atoms with Gasteiger partial charge < -0.3 is 9.40 Å². The first-order valence-electron chi connectivity index (χ1n) is 9.31. The summed E-state index contributed by atoms with van der Waals surface area (Å²) in [6, 6.07) is 13.2. The first kappa shape index (κ1) is 19.8. The van der Waals surface area contributed by atoms with Crippen molar-refractivity contribution in [2.75, 3.05) is 0 Å². The number of aryl methyl sites for hydroxylation is 1. The molecule has 0 aliphatic rings. The van der Waals surface area contributed by atoms with Crippen LogP contribution >= 0.6 is 11.8 Å². The van der Waals surface area contributed by atoms with E-state index in [4.69, 9.17) is 4.42 Å². The van der Waals surface area contributed by atoms with Crippen LogP contribution in [0, 0.1) is 6.92 Å². The third-order valence-corrected chi connectivity index (χ3v) is 5.43. The Kier molecular flexibility index (Phi) is 5.89. The number of hydrogen-bond donors (Lipinski definition) is 1. The Morgan fingerprint density at radius 2 is 1.87 bits per heavy atom. The number of nitrogens with zero attached hydrogens (tertiary/aromatic N) is 4. The van der Waals surface area contributed by atoms with Gasteiger partial charge in [0.05, 0.1) is 13.0 Å². The maximum absolute atomic E-state index is 13.0. The molecule has 4 rings (SSSR count). The number of thioether (sulfide) groups is 1. The molecule has 0 saturated heterocycles. The maximum Gasteiger partial charge on any atom is 0.328 e. The Balaban J connectivity index is 1.53. The molecule has 0 saturated carbocycles. The van der Waals surface area contributed by atoms with Gasteiger partial charge in [-0.2, -0.15) is 0 Å². The van der Waals surface area contributed by atoms with Crippen molar-refractivity contribution in [3.63, 3.8) is 0 Å². The molecule has 152 valence electrons. The van der Waals surface area contributed by atoms with E-state index < -0.39 is 5.69 Å². The summed E-state index contributed by atoms with van der Waals surface area (Å²) >= 11 is 1.40. The maximum atomic E-state index is 13.0. The number of rotatable bonds is 7. The van der Waals surface area contributed by atoms with Crippen molar-refractivity contribution in [3.8, 4) is 0 Å². The Morgan fingerprint density at radius 1 is 1.07 bits per heavy atom. The number of aromatic nitrogens is 5. The number of H-pyrrole nitrogens is 1. The predicted molar refractivity (Wildman–Crippen MR) is 113 cm³/mol. The molecule has 9 heteroatoms. The van der Waals surface area contributed by atoms with Gasteiger partial charge in [-0.15, -0.1) is 10.2 Å². The van der Waals surface area contributed by atoms with Crippen LogP contribution in [0.2, 0.25) is 0 Å². The number of hydrogen-bond acceptors (Lipinski definition) is 7. The minimum atomic E-state index is -0.441. The number of nitrogens with one attached hydrogen (secondary N) is 1. The van der Waals surface area contributed by atoms with Gasteiger partial charge in [0.25, 0.3) is 10.8 Å². The normalized spacial score (nSPS) is 11.0. The van der Waals surface area contributed by atoms with Crippen LogP contribution in [0.5, 0.6) is 0 Å². The number of pyridine rings is 1. The van der Waals surface area contributed by atoms with Crippen LogP contribution in [0.4, 0.5) is 0 Å². The lowest BCUT2D eigenvalue weighted by Gasteiger charge is -2.09. The Labute approximate surface area is 176 Å². The van der Waals surface area contributed by atoms with E-state index in [-0.39, 0.29) is 18.5 Å². The van der Waals surface area contributed by atoms with Gasteiger partial charge in [0, 0.05) is 29.4 Å². The van der Waals surface area contributed by atoms with Crippen molar-refractivity contribution < 1.29 is 4.42 Å². The molecule has 3 heterocycles. The standard InChI is InChI=1S/C21H19N5O3S/c1-14-17(19(27)26(20(28)23-14)12-15-6-3-2-4-7-15)10-18-24-25-21(29-18)30-13-16-8-5-9-22-11-16/h2-9,11H,10,12-13H2,1H3,(H,23,28). The third kappa shape index (κ3) is 4.57. The molecule has 0 aliphatic heterocycles. The van der Waals surface area contributed by atoms with Crippen molar-refractivity contribution in [2.24, 2.45) is 0 Å². The molecule has 30 heavy (non-hydrogen) atoms. The lowest BCUT2D eigenvalue weighted by atomic mass is 10.1. The minimum Gasteiger partial charge on any atom is -0.416 e. The predicted octanol–water partition coefficient (Wildman–Crippen LogP) is 2.55. The average Bonchev–Trinajstić information content (AvgIpc) is 3.22. The molecule has 0 bridgehead atoms. The van der Waals surface area contributed by atoms with Crippen molar-refractivity contribution in [1.82, 2.24) is 24.7 Å². The molecule has 1 aromatic carbocycles. The largest absolute Gasteiger partial charge is 0.416 e. The van der Waals surface area contributed by atoms with Crippen LogP contribution in [0.1, 0.15) is 28.3 Å². The molecule has 0 spiro atoms. The molecule has 0 aliphatic carbocycles. The number of aromatic amines is 1. The van der Waals surface area contributed by atoms with Crippen LogP contribution in [0.3, 0.4) is 0 Å². The van der Waals surface area contributed by atoms with Crippen molar-refractivity contribution in [3.05, 3.63) is 104 Å². The fourth-order valence-corrected chi connectivity index (χ4v) is 3.70. The highest BCUT2D eigenvalue weighted by atomic mass is 32.2. The second-order valence-corrected chi connectivity index (χ2v) is 7.63. The molecule has 1 N–H and O–H groups in total. The Morgan fingerprint density at radius 3 is 2.63 bits per heavy atom. The van der Waals surface area contributed by atoms with Gasteiger partial charge in [-0.3, -0.25) is 14.3 Å². The van der Waals surface area contributed by atoms with Gasteiger partial charge in [-0.1, -0.05) is 48.2 Å². The zero-order chi connectivity index (χ0) is 20.9. The van der Waals surface area contributed by atoms with Gasteiger partial charge in [0.15, 0.2) is 0 Å². The van der Waals surface area contributed by atoms with E-state index in [0.717, 1.165) is 11.1 Å². The highest BCUT2D eigenvalue weighted by Crippen LogP contribution is 2.21. The molecule has 0 fully saturated rings. The monoisotopic (exact) mass is 421 g/mol. The van der Waals surface area contributed by atoms with E-state index in [1.165, 1.54) is 16.3 Å². The Bertz CT molecular complexity index is 1250. The van der Waals surface area contributed by atoms with Crippen molar-refractivity contribution in [1.29, 1.82) is 0 Å². The summed E-state index contributed by atoms with van der Waals surface area (Å²) < 4.78 is 6.87. The first-order chi connectivity index (χ1) is 14.6. The van der Waals surface area contributed by atoms with E-state index >= 15 is 0 Å². The lowest BCUT2D eigenvalue weighted by Crippen LogP contribution is -2.38. The molecular formula is C21H19N5O3S. The minimum absolute atomic E-state index is 0.149. The topological polar surface area (TPSA) is 107 Å². The van der Waals surface area contributed by atoms with E-state index in [0.29, 0.717) is 28.1 Å². The molecule has 0 amide bonds. The molecule has 3 aromatic heterocycles. The summed E-state index contributed by atoms with van der Waals surface area (Å²) in [5.74, 6) is 0.971. The summed E-state index contributed by atoms with van der Waals surface area (Å²) in [5.41, 5.74) is 2.04. The second kappa shape index (κ2) is 8.91. The molecule has 0 radical (unpaired) electrons. The number of benzene rings is 1. The first-order valence-corrected chi connectivity index (χ1v) is 10.3. The molecule has 0 atom stereocenters. The quantitative estimate of drug-likeness (QED) is 0.457. The fraction of sp³-hybridized carbons (Fsp3) is 0.190. The summed E-state index contributed by atoms with van der Waals surface area (Å²) in [6.45, 7) is 1.89. The zero-order valence-electron chi connectivity index (χ0n) is 16.2. The summed E-state index contributed by atoms with van der Waals surface area (Å²) in [7, 11) is 0. The fourth-order valence-electron chi connectivity index (χ4n) is 2.98. The summed E-state index contributed by atoms with van der Waals surface area (Å²) in [6.07, 6.45) is 3.65. The highest BCUT2D eigenvalue weighted by molar-refractivity contribution is 7.98. The van der Waals surface area contributed by atoms with E-state index in [2.05, 4.69) is 20.2 Å².